The number of benzene rings is 6. The van der Waals surface area contributed by atoms with Crippen LogP contribution in [0.1, 0.15) is 12.8 Å². The third-order valence-electron chi connectivity index (χ3n) is 9.08. The Labute approximate surface area is 288 Å². The second-order valence-corrected chi connectivity index (χ2v) is 15.6. The summed E-state index contributed by atoms with van der Waals surface area (Å²) in [6.45, 7) is 0.631. The SMILES string of the molecule is CNc1ccc(-n2nc(-c3ccc(OCCCC[P+](c4ccccc4)(c4ccccc4)c4ccccc4)cc3)c3ccccc3c2=O)cc1. The second kappa shape index (κ2) is 14.7. The fourth-order valence-corrected chi connectivity index (χ4v) is 11.0. The van der Waals surface area contributed by atoms with E-state index in [2.05, 4.69) is 96.3 Å². The van der Waals surface area contributed by atoms with E-state index in [-0.39, 0.29) is 5.56 Å². The summed E-state index contributed by atoms with van der Waals surface area (Å²) in [5.41, 5.74) is 3.22. The Bertz CT molecular complexity index is 2090. The summed E-state index contributed by atoms with van der Waals surface area (Å²) >= 11 is 0. The molecule has 0 aliphatic heterocycles. The van der Waals surface area contributed by atoms with Gasteiger partial charge in [0.15, 0.2) is 0 Å². The van der Waals surface area contributed by atoms with Gasteiger partial charge in [0, 0.05) is 23.7 Å². The van der Waals surface area contributed by atoms with Gasteiger partial charge < -0.3 is 10.1 Å². The molecule has 1 heterocycles. The van der Waals surface area contributed by atoms with E-state index < -0.39 is 7.26 Å². The molecule has 0 aliphatic rings. The standard InChI is InChI=1S/C43H39N3O2P/c1-44-34-25-27-35(28-26-34)46-43(47)41-22-12-11-21-40(41)42(45-46)33-23-29-36(30-24-33)48-31-13-14-32-49(37-15-5-2-6-16-37,38-17-7-3-8-18-38)39-19-9-4-10-20-39/h2-12,15-30,44H,13-14,31-32H2,1H3/q+1. The lowest BCUT2D eigenvalue weighted by molar-refractivity contribution is 0.310. The van der Waals surface area contributed by atoms with Crippen molar-refractivity contribution in [3.63, 3.8) is 0 Å². The predicted molar refractivity (Wildman–Crippen MR) is 207 cm³/mol. The highest BCUT2D eigenvalue weighted by Crippen LogP contribution is 2.55. The molecule has 0 radical (unpaired) electrons. The number of nitrogens with one attached hydrogen (secondary N) is 1. The van der Waals surface area contributed by atoms with Crippen LogP contribution in [-0.2, 0) is 0 Å². The average Bonchev–Trinajstić information content (AvgIpc) is 3.18. The minimum atomic E-state index is -1.85. The molecule has 0 amide bonds. The molecule has 1 N–H and O–H groups in total. The normalized spacial score (nSPS) is 11.4. The topological polar surface area (TPSA) is 56.1 Å². The van der Waals surface area contributed by atoms with Gasteiger partial charge in [-0.2, -0.15) is 9.78 Å². The highest BCUT2D eigenvalue weighted by atomic mass is 31.2. The molecule has 49 heavy (non-hydrogen) atoms. The Morgan fingerprint density at radius 3 is 1.69 bits per heavy atom. The number of rotatable bonds is 12. The van der Waals surface area contributed by atoms with Crippen LogP contribution in [-0.4, -0.2) is 29.6 Å². The van der Waals surface area contributed by atoms with Gasteiger partial charge in [0.1, 0.15) is 28.9 Å². The van der Waals surface area contributed by atoms with Crippen molar-refractivity contribution >= 4 is 39.6 Å². The summed E-state index contributed by atoms with van der Waals surface area (Å²) in [6, 6.07) is 56.5. The van der Waals surface area contributed by atoms with E-state index >= 15 is 0 Å². The molecule has 0 saturated carbocycles. The molecule has 7 rings (SSSR count). The fourth-order valence-electron chi connectivity index (χ4n) is 6.58. The smallest absolute Gasteiger partial charge is 0.279 e. The molecule has 0 bridgehead atoms. The molecule has 0 saturated heterocycles. The summed E-state index contributed by atoms with van der Waals surface area (Å²) in [5.74, 6) is 0.819. The molecule has 0 atom stereocenters. The van der Waals surface area contributed by atoms with Gasteiger partial charge in [0.2, 0.25) is 0 Å². The van der Waals surface area contributed by atoms with Crippen LogP contribution in [0.2, 0.25) is 0 Å². The Morgan fingerprint density at radius 2 is 1.14 bits per heavy atom. The second-order valence-electron chi connectivity index (χ2n) is 12.0. The van der Waals surface area contributed by atoms with Gasteiger partial charge in [-0.1, -0.05) is 72.8 Å². The third kappa shape index (κ3) is 6.63. The molecule has 0 aliphatic carbocycles. The number of nitrogens with zero attached hydrogens (tertiary/aromatic N) is 2. The van der Waals surface area contributed by atoms with Gasteiger partial charge in [-0.3, -0.25) is 4.79 Å². The number of ether oxygens (including phenoxy) is 1. The molecular formula is C43H39N3O2P+. The number of hydrogen-bond donors (Lipinski definition) is 1. The number of anilines is 1. The van der Waals surface area contributed by atoms with Crippen LogP contribution in [0.5, 0.6) is 5.75 Å². The molecule has 1 aromatic heterocycles. The van der Waals surface area contributed by atoms with Crippen LogP contribution in [0.25, 0.3) is 27.7 Å². The van der Waals surface area contributed by atoms with Crippen molar-refractivity contribution in [1.82, 2.24) is 9.78 Å². The number of hydrogen-bond acceptors (Lipinski definition) is 4. The summed E-state index contributed by atoms with van der Waals surface area (Å²) in [7, 11) is 0.0212. The van der Waals surface area contributed by atoms with Crippen molar-refractivity contribution in [3.8, 4) is 22.7 Å². The van der Waals surface area contributed by atoms with Crippen molar-refractivity contribution < 1.29 is 4.74 Å². The molecule has 242 valence electrons. The Kier molecular flexibility index (Phi) is 9.63. The Hall–Kier alpha value is -5.51. The van der Waals surface area contributed by atoms with Crippen molar-refractivity contribution in [1.29, 1.82) is 0 Å². The summed E-state index contributed by atoms with van der Waals surface area (Å²) in [4.78, 5) is 13.5. The minimum absolute atomic E-state index is 0.144. The van der Waals surface area contributed by atoms with Crippen molar-refractivity contribution in [2.75, 3.05) is 25.1 Å². The number of aromatic nitrogens is 2. The predicted octanol–water partition coefficient (Wildman–Crippen LogP) is 8.25. The quantitative estimate of drug-likeness (QED) is 0.106. The van der Waals surface area contributed by atoms with Crippen LogP contribution in [0.15, 0.2) is 169 Å². The van der Waals surface area contributed by atoms with E-state index in [1.165, 1.54) is 20.6 Å². The van der Waals surface area contributed by atoms with Gasteiger partial charge in [0.05, 0.1) is 29.5 Å². The highest BCUT2D eigenvalue weighted by Gasteiger charge is 2.44. The lowest BCUT2D eigenvalue weighted by Crippen LogP contribution is -2.33. The molecule has 0 fully saturated rings. The lowest BCUT2D eigenvalue weighted by atomic mass is 10.0. The summed E-state index contributed by atoms with van der Waals surface area (Å²) in [6.07, 6.45) is 3.05. The van der Waals surface area contributed by atoms with Crippen LogP contribution in [0.4, 0.5) is 5.69 Å². The third-order valence-corrected chi connectivity index (χ3v) is 13.6. The first-order chi connectivity index (χ1) is 24.2. The molecule has 7 aromatic rings. The first kappa shape index (κ1) is 32.1. The van der Waals surface area contributed by atoms with Gasteiger partial charge >= 0.3 is 0 Å². The summed E-state index contributed by atoms with van der Waals surface area (Å²) < 4.78 is 7.77. The first-order valence-electron chi connectivity index (χ1n) is 16.8. The lowest BCUT2D eigenvalue weighted by Gasteiger charge is -2.27. The van der Waals surface area contributed by atoms with E-state index in [9.17, 15) is 4.79 Å². The van der Waals surface area contributed by atoms with Gasteiger partial charge in [0.25, 0.3) is 5.56 Å². The van der Waals surface area contributed by atoms with Crippen LogP contribution >= 0.6 is 7.26 Å². The largest absolute Gasteiger partial charge is 0.494 e. The van der Waals surface area contributed by atoms with Crippen LogP contribution in [0.3, 0.4) is 0 Å². The monoisotopic (exact) mass is 660 g/mol. The zero-order valence-electron chi connectivity index (χ0n) is 27.6. The minimum Gasteiger partial charge on any atom is -0.494 e. The van der Waals surface area contributed by atoms with Gasteiger partial charge in [-0.25, -0.2) is 0 Å². The number of fused-ring (bicyclic) bond motifs is 1. The van der Waals surface area contributed by atoms with E-state index in [0.29, 0.717) is 17.7 Å². The highest BCUT2D eigenvalue weighted by molar-refractivity contribution is 7.95. The van der Waals surface area contributed by atoms with E-state index in [1.54, 1.807) is 0 Å². The number of unbranched alkanes of at least 4 members (excludes halogenated alkanes) is 1. The maximum Gasteiger partial charge on any atom is 0.279 e. The zero-order chi connectivity index (χ0) is 33.5. The van der Waals surface area contributed by atoms with Gasteiger partial charge in [-0.15, -0.1) is 0 Å². The first-order valence-corrected chi connectivity index (χ1v) is 18.7. The zero-order valence-corrected chi connectivity index (χ0v) is 28.5. The Morgan fingerprint density at radius 1 is 0.612 bits per heavy atom. The van der Waals surface area contributed by atoms with Crippen molar-refractivity contribution in [3.05, 3.63) is 174 Å². The van der Waals surface area contributed by atoms with E-state index in [0.717, 1.165) is 47.1 Å². The van der Waals surface area contributed by atoms with Gasteiger partial charge in [-0.05, 0) is 104 Å². The molecule has 0 spiro atoms. The fraction of sp³-hybridized carbons (Fsp3) is 0.116. The Balaban J connectivity index is 1.09. The van der Waals surface area contributed by atoms with Crippen LogP contribution in [0, 0.1) is 0 Å². The van der Waals surface area contributed by atoms with E-state index in [4.69, 9.17) is 9.84 Å². The summed E-state index contributed by atoms with van der Waals surface area (Å²) in [5, 5.41) is 13.7. The maximum atomic E-state index is 13.5. The van der Waals surface area contributed by atoms with Crippen molar-refractivity contribution in [2.24, 2.45) is 0 Å². The van der Waals surface area contributed by atoms with Crippen LogP contribution < -0.4 is 31.5 Å². The van der Waals surface area contributed by atoms with Crippen molar-refractivity contribution in [2.45, 2.75) is 12.8 Å². The molecule has 6 heteroatoms. The van der Waals surface area contributed by atoms with E-state index in [1.807, 2.05) is 79.8 Å². The molecule has 0 unspecified atom stereocenters. The molecule has 5 nitrogen and oxygen atoms in total. The average molecular weight is 661 g/mol. The molecule has 6 aromatic carbocycles. The molecular weight excluding hydrogens is 621 g/mol. The maximum absolute atomic E-state index is 13.5.